The van der Waals surface area contributed by atoms with Gasteiger partial charge in [0.2, 0.25) is 0 Å². The van der Waals surface area contributed by atoms with Crippen molar-refractivity contribution in [2.75, 3.05) is 13.2 Å². The summed E-state index contributed by atoms with van der Waals surface area (Å²) in [6, 6.07) is 4.93. The Hall–Kier alpha value is -2.62. The Bertz CT molecular complexity index is 871. The van der Waals surface area contributed by atoms with Crippen molar-refractivity contribution in [3.05, 3.63) is 33.9 Å². The zero-order valence-electron chi connectivity index (χ0n) is 16.6. The fourth-order valence-corrected chi connectivity index (χ4v) is 4.67. The molecule has 1 N–H and O–H groups in total. The van der Waals surface area contributed by atoms with Crippen molar-refractivity contribution < 1.29 is 19.2 Å². The summed E-state index contributed by atoms with van der Waals surface area (Å²) in [5.74, 6) is 0.338. The number of likely N-dealkylation sites (tertiary alicyclic amines) is 1. The minimum absolute atomic E-state index is 0.0158. The summed E-state index contributed by atoms with van der Waals surface area (Å²) < 4.78 is 11.3. The van der Waals surface area contributed by atoms with E-state index in [0.29, 0.717) is 30.4 Å². The molecule has 2 fully saturated rings. The summed E-state index contributed by atoms with van der Waals surface area (Å²) in [6.07, 6.45) is 0.746. The molecule has 0 radical (unpaired) electrons. The molecule has 29 heavy (non-hydrogen) atoms. The fraction of sp³-hybridized carbons (Fsp3) is 0.579. The van der Waals surface area contributed by atoms with Gasteiger partial charge in [-0.2, -0.15) is 0 Å². The maximum Gasteiger partial charge on any atom is 0.412 e. The number of nitro benzene ring substituents is 1. The van der Waals surface area contributed by atoms with Gasteiger partial charge < -0.3 is 19.7 Å². The summed E-state index contributed by atoms with van der Waals surface area (Å²) in [6.45, 7) is 6.40. The van der Waals surface area contributed by atoms with E-state index in [1.165, 1.54) is 6.07 Å². The Balaban J connectivity index is 1.51. The molecule has 3 heterocycles. The molecule has 10 heteroatoms. The number of hydrogen-bond donors (Lipinski definition) is 1. The van der Waals surface area contributed by atoms with Crippen LogP contribution in [0.3, 0.4) is 0 Å². The quantitative estimate of drug-likeness (QED) is 0.443. The van der Waals surface area contributed by atoms with Crippen LogP contribution in [0.1, 0.15) is 32.8 Å². The molecule has 0 aromatic heterocycles. The topological polar surface area (TPSA) is 97.2 Å². The fourth-order valence-electron chi connectivity index (χ4n) is 4.27. The second-order valence-electron chi connectivity index (χ2n) is 8.52. The minimum Gasteiger partial charge on any atom is -0.484 e. The molecular weight excluding hydrogens is 396 g/mol. The first kappa shape index (κ1) is 19.7. The van der Waals surface area contributed by atoms with E-state index in [1.807, 2.05) is 26.8 Å². The average Bonchev–Trinajstić information content (AvgIpc) is 3.16. The van der Waals surface area contributed by atoms with Crippen LogP contribution < -0.4 is 10.1 Å². The number of nitrogens with one attached hydrogen (secondary N) is 1. The summed E-state index contributed by atoms with van der Waals surface area (Å²) in [7, 11) is 0. The molecule has 1 aromatic carbocycles. The van der Waals surface area contributed by atoms with Crippen LogP contribution in [0.4, 0.5) is 10.5 Å². The van der Waals surface area contributed by atoms with Crippen LogP contribution in [0.15, 0.2) is 18.2 Å². The molecule has 1 aromatic rings. The normalized spacial score (nSPS) is 25.8. The lowest BCUT2D eigenvalue weighted by Gasteiger charge is -2.35. The Morgan fingerprint density at radius 1 is 1.41 bits per heavy atom. The standard InChI is InChI=1S/C19H24N4O5S/c1-19(2,3)28-18(24)21-8-7-14-16(21)20-17(29)22(14)12-9-11-5-4-6-13(23(25)26)15(11)27-10-12/h4-6,12,14,16H,7-10H2,1-3H3,(H,20,29)/t12-,14?,16?/m1/s1. The first-order chi connectivity index (χ1) is 13.7. The van der Waals surface area contributed by atoms with Crippen LogP contribution in [0.25, 0.3) is 0 Å². The number of rotatable bonds is 2. The number of nitrogens with zero attached hydrogens (tertiary/aromatic N) is 3. The number of thiocarbonyl (C=S) groups is 1. The van der Waals surface area contributed by atoms with Gasteiger partial charge in [0.15, 0.2) is 10.9 Å². The van der Waals surface area contributed by atoms with Crippen LogP contribution in [-0.2, 0) is 11.2 Å². The van der Waals surface area contributed by atoms with E-state index in [0.717, 1.165) is 12.0 Å². The molecule has 0 saturated carbocycles. The van der Waals surface area contributed by atoms with E-state index >= 15 is 0 Å². The summed E-state index contributed by atoms with van der Waals surface area (Å²) in [4.78, 5) is 27.2. The van der Waals surface area contributed by atoms with Crippen molar-refractivity contribution in [1.29, 1.82) is 0 Å². The zero-order chi connectivity index (χ0) is 20.9. The van der Waals surface area contributed by atoms with Crippen molar-refractivity contribution in [2.45, 2.75) is 57.5 Å². The molecule has 0 spiro atoms. The highest BCUT2D eigenvalue weighted by Gasteiger charge is 2.50. The molecule has 2 unspecified atom stereocenters. The predicted molar refractivity (Wildman–Crippen MR) is 109 cm³/mol. The number of carbonyl (C=O) groups excluding carboxylic acids is 1. The summed E-state index contributed by atoms with van der Waals surface area (Å²) in [5.41, 5.74) is 0.213. The molecule has 3 aliphatic rings. The van der Waals surface area contributed by atoms with Gasteiger partial charge in [0.1, 0.15) is 18.4 Å². The Morgan fingerprint density at radius 2 is 2.17 bits per heavy atom. The summed E-state index contributed by atoms with van der Waals surface area (Å²) in [5, 5.41) is 15.1. The molecule has 2 saturated heterocycles. The van der Waals surface area contributed by atoms with E-state index in [2.05, 4.69) is 10.2 Å². The largest absolute Gasteiger partial charge is 0.484 e. The number of nitro groups is 1. The third-order valence-electron chi connectivity index (χ3n) is 5.40. The molecule has 9 nitrogen and oxygen atoms in total. The van der Waals surface area contributed by atoms with Gasteiger partial charge in [-0.3, -0.25) is 15.0 Å². The molecule has 0 aliphatic carbocycles. The zero-order valence-corrected chi connectivity index (χ0v) is 17.4. The van der Waals surface area contributed by atoms with Gasteiger partial charge in [-0.05, 0) is 39.4 Å². The van der Waals surface area contributed by atoms with Gasteiger partial charge >= 0.3 is 11.8 Å². The Labute approximate surface area is 174 Å². The number of fused-ring (bicyclic) bond motifs is 2. The third-order valence-corrected chi connectivity index (χ3v) is 5.73. The van der Waals surface area contributed by atoms with E-state index in [4.69, 9.17) is 21.7 Å². The minimum atomic E-state index is -0.566. The lowest BCUT2D eigenvalue weighted by molar-refractivity contribution is -0.386. The SMILES string of the molecule is CC(C)(C)OC(=O)N1CCC2C1NC(=S)N2[C@H]1COc2c(cccc2[N+](=O)[O-])C1. The van der Waals surface area contributed by atoms with Crippen molar-refractivity contribution >= 4 is 29.1 Å². The maximum atomic E-state index is 12.6. The number of para-hydroxylation sites is 1. The van der Waals surface area contributed by atoms with Gasteiger partial charge in [0.25, 0.3) is 0 Å². The molecule has 156 valence electrons. The second-order valence-corrected chi connectivity index (χ2v) is 8.91. The first-order valence-electron chi connectivity index (χ1n) is 9.63. The van der Waals surface area contributed by atoms with Gasteiger partial charge in [0.05, 0.1) is 17.0 Å². The molecule has 3 atom stereocenters. The second kappa shape index (κ2) is 7.01. The van der Waals surface area contributed by atoms with Crippen molar-refractivity contribution in [2.24, 2.45) is 0 Å². The van der Waals surface area contributed by atoms with Crippen molar-refractivity contribution in [3.63, 3.8) is 0 Å². The molecule has 0 bridgehead atoms. The van der Waals surface area contributed by atoms with Crippen LogP contribution in [-0.4, -0.2) is 62.9 Å². The highest BCUT2D eigenvalue weighted by atomic mass is 32.1. The van der Waals surface area contributed by atoms with E-state index in [-0.39, 0.29) is 30.0 Å². The van der Waals surface area contributed by atoms with Crippen LogP contribution in [0.2, 0.25) is 0 Å². The third kappa shape index (κ3) is 3.57. The lowest BCUT2D eigenvalue weighted by atomic mass is 9.99. The molecule has 3 aliphatic heterocycles. The highest BCUT2D eigenvalue weighted by molar-refractivity contribution is 7.80. The number of benzene rings is 1. The predicted octanol–water partition coefficient (Wildman–Crippen LogP) is 2.42. The summed E-state index contributed by atoms with van der Waals surface area (Å²) >= 11 is 5.56. The molecular formula is C19H24N4O5S. The molecule has 1 amide bonds. The number of amides is 1. The van der Waals surface area contributed by atoms with E-state index < -0.39 is 10.5 Å². The van der Waals surface area contributed by atoms with Gasteiger partial charge in [0, 0.05) is 24.6 Å². The number of carbonyl (C=O) groups is 1. The van der Waals surface area contributed by atoms with Gasteiger partial charge in [-0.15, -0.1) is 0 Å². The van der Waals surface area contributed by atoms with Crippen molar-refractivity contribution in [3.8, 4) is 5.75 Å². The Morgan fingerprint density at radius 3 is 2.86 bits per heavy atom. The van der Waals surface area contributed by atoms with Crippen LogP contribution in [0.5, 0.6) is 5.75 Å². The average molecular weight is 420 g/mol. The van der Waals surface area contributed by atoms with Crippen LogP contribution in [0, 0.1) is 10.1 Å². The lowest BCUT2D eigenvalue weighted by Crippen LogP contribution is -2.49. The van der Waals surface area contributed by atoms with Crippen LogP contribution >= 0.6 is 12.2 Å². The maximum absolute atomic E-state index is 12.6. The van der Waals surface area contributed by atoms with Gasteiger partial charge in [-0.25, -0.2) is 4.79 Å². The first-order valence-corrected chi connectivity index (χ1v) is 10.0. The Kier molecular flexibility index (Phi) is 4.76. The van der Waals surface area contributed by atoms with Gasteiger partial charge in [-0.1, -0.05) is 12.1 Å². The van der Waals surface area contributed by atoms with E-state index in [9.17, 15) is 14.9 Å². The highest BCUT2D eigenvalue weighted by Crippen LogP contribution is 2.38. The number of hydrogen-bond acceptors (Lipinski definition) is 6. The number of ether oxygens (including phenoxy) is 2. The smallest absolute Gasteiger partial charge is 0.412 e. The molecule has 4 rings (SSSR count). The monoisotopic (exact) mass is 420 g/mol. The van der Waals surface area contributed by atoms with E-state index in [1.54, 1.807) is 11.0 Å². The van der Waals surface area contributed by atoms with Crippen molar-refractivity contribution in [1.82, 2.24) is 15.1 Å².